The van der Waals surface area contributed by atoms with Crippen molar-refractivity contribution in [2.75, 3.05) is 12.9 Å². The average Bonchev–Trinajstić information content (AvgIpc) is 3.30. The molecule has 3 aromatic carbocycles. The number of hydrazine groups is 1. The summed E-state index contributed by atoms with van der Waals surface area (Å²) >= 11 is 1.08. The second-order valence-electron chi connectivity index (χ2n) is 7.14. The fourth-order valence-corrected chi connectivity index (χ4v) is 4.00. The molecule has 4 rings (SSSR count). The smallest absolute Gasteiger partial charge is 0.273 e. The Labute approximate surface area is 204 Å². The third-order valence-electron chi connectivity index (χ3n) is 4.90. The topological polar surface area (TPSA) is 139 Å². The quantitative estimate of drug-likeness (QED) is 0.229. The lowest BCUT2D eigenvalue weighted by Gasteiger charge is -2.14. The van der Waals surface area contributed by atoms with Crippen LogP contribution < -0.4 is 15.6 Å². The van der Waals surface area contributed by atoms with Crippen LogP contribution in [-0.2, 0) is 4.79 Å². The molecule has 0 unspecified atom stereocenters. The van der Waals surface area contributed by atoms with E-state index in [9.17, 15) is 19.8 Å². The zero-order valence-corrected chi connectivity index (χ0v) is 19.3. The minimum absolute atomic E-state index is 0.0252. The van der Waals surface area contributed by atoms with Crippen LogP contribution in [0.4, 0.5) is 0 Å². The second-order valence-corrected chi connectivity index (χ2v) is 8.08. The van der Waals surface area contributed by atoms with E-state index < -0.39 is 11.8 Å². The number of carbonyl (C=O) groups is 2. The largest absolute Gasteiger partial charge is 0.507 e. The molecule has 0 bridgehead atoms. The maximum Gasteiger partial charge on any atom is 0.273 e. The summed E-state index contributed by atoms with van der Waals surface area (Å²) in [6, 6.07) is 19.9. The Hall–Kier alpha value is -4.51. The van der Waals surface area contributed by atoms with Crippen molar-refractivity contribution in [3.63, 3.8) is 0 Å². The Kier molecular flexibility index (Phi) is 7.17. The number of aromatic hydroxyl groups is 2. The van der Waals surface area contributed by atoms with E-state index in [2.05, 4.69) is 21.0 Å². The molecule has 0 saturated heterocycles. The molecule has 0 aliphatic carbocycles. The fraction of sp³-hybridized carbons (Fsp3) is 0.0833. The maximum atomic E-state index is 12.4. The molecular weight excluding hydrogens is 470 g/mol. The monoisotopic (exact) mass is 491 g/mol. The van der Waals surface area contributed by atoms with Gasteiger partial charge >= 0.3 is 0 Å². The van der Waals surface area contributed by atoms with Crippen molar-refractivity contribution in [3.8, 4) is 34.3 Å². The van der Waals surface area contributed by atoms with Gasteiger partial charge in [-0.25, -0.2) is 0 Å². The van der Waals surface area contributed by atoms with Crippen LogP contribution in [0.25, 0.3) is 17.1 Å². The van der Waals surface area contributed by atoms with Crippen LogP contribution in [0, 0.1) is 0 Å². The molecule has 0 saturated carbocycles. The summed E-state index contributed by atoms with van der Waals surface area (Å²) < 4.78 is 7.18. The van der Waals surface area contributed by atoms with Gasteiger partial charge in [0.05, 0.1) is 29.7 Å². The van der Waals surface area contributed by atoms with E-state index in [0.29, 0.717) is 28.0 Å². The molecule has 35 heavy (non-hydrogen) atoms. The maximum absolute atomic E-state index is 12.4. The second kappa shape index (κ2) is 10.6. The molecule has 1 aromatic heterocycles. The molecule has 0 aliphatic rings. The molecule has 11 heteroatoms. The summed E-state index contributed by atoms with van der Waals surface area (Å²) in [5.74, 6) is -0.520. The zero-order chi connectivity index (χ0) is 24.8. The third-order valence-corrected chi connectivity index (χ3v) is 5.83. The molecule has 0 fully saturated rings. The number of thioether (sulfide) groups is 1. The summed E-state index contributed by atoms with van der Waals surface area (Å²) in [6.07, 6.45) is 0. The van der Waals surface area contributed by atoms with Gasteiger partial charge in [-0.2, -0.15) is 0 Å². The van der Waals surface area contributed by atoms with Crippen LogP contribution in [0.5, 0.6) is 17.2 Å². The lowest BCUT2D eigenvalue weighted by molar-refractivity contribution is -0.119. The number of rotatable bonds is 7. The summed E-state index contributed by atoms with van der Waals surface area (Å²) in [5.41, 5.74) is 5.69. The van der Waals surface area contributed by atoms with Crippen LogP contribution in [0.1, 0.15) is 10.4 Å². The van der Waals surface area contributed by atoms with E-state index in [-0.39, 0.29) is 22.8 Å². The Balaban J connectivity index is 1.55. The van der Waals surface area contributed by atoms with Gasteiger partial charge in [0.2, 0.25) is 5.91 Å². The number of methoxy groups -OCH3 is 1. The zero-order valence-electron chi connectivity index (χ0n) is 18.5. The molecule has 178 valence electrons. The number of hydrogen-bond donors (Lipinski definition) is 4. The van der Waals surface area contributed by atoms with E-state index >= 15 is 0 Å². The minimum Gasteiger partial charge on any atom is -0.507 e. The van der Waals surface area contributed by atoms with Crippen molar-refractivity contribution in [3.05, 3.63) is 78.4 Å². The number of para-hydroxylation sites is 4. The molecular formula is C24H21N5O5S. The standard InChI is InChI=1S/C24H21N5O5S/c1-34-20-13-7-4-10-17(20)29-22(15-8-2-5-11-18(15)30)26-28-24(29)35-14-21(32)25-27-23(33)16-9-3-6-12-19(16)31/h2-13,30-31H,14H2,1H3,(H,25,32)(H,27,33). The van der Waals surface area contributed by atoms with E-state index in [1.807, 2.05) is 18.2 Å². The number of ether oxygens (including phenoxy) is 1. The normalized spacial score (nSPS) is 10.5. The highest BCUT2D eigenvalue weighted by atomic mass is 32.2. The molecule has 4 N–H and O–H groups in total. The number of hydrogen-bond acceptors (Lipinski definition) is 8. The predicted molar refractivity (Wildman–Crippen MR) is 129 cm³/mol. The first-order valence-electron chi connectivity index (χ1n) is 10.4. The molecule has 0 atom stereocenters. The highest BCUT2D eigenvalue weighted by Gasteiger charge is 2.21. The van der Waals surface area contributed by atoms with E-state index in [1.165, 1.54) is 19.2 Å². The number of nitrogens with one attached hydrogen (secondary N) is 2. The number of phenolic OH excluding ortho intramolecular Hbond substituents is 2. The van der Waals surface area contributed by atoms with Crippen molar-refractivity contribution in [1.29, 1.82) is 0 Å². The summed E-state index contributed by atoms with van der Waals surface area (Å²) in [4.78, 5) is 24.6. The van der Waals surface area contributed by atoms with Crippen LogP contribution in [-0.4, -0.2) is 49.7 Å². The highest BCUT2D eigenvalue weighted by molar-refractivity contribution is 7.99. The van der Waals surface area contributed by atoms with Gasteiger partial charge in [0.25, 0.3) is 5.91 Å². The molecule has 2 amide bonds. The number of phenols is 2. The summed E-state index contributed by atoms with van der Waals surface area (Å²) in [5, 5.41) is 29.0. The first-order chi connectivity index (χ1) is 17.0. The van der Waals surface area contributed by atoms with Crippen molar-refractivity contribution in [2.24, 2.45) is 0 Å². The third kappa shape index (κ3) is 5.20. The number of amides is 2. The van der Waals surface area contributed by atoms with Gasteiger partial charge in [0, 0.05) is 0 Å². The van der Waals surface area contributed by atoms with Crippen molar-refractivity contribution in [1.82, 2.24) is 25.6 Å². The van der Waals surface area contributed by atoms with Gasteiger partial charge in [-0.3, -0.25) is 25.0 Å². The lowest BCUT2D eigenvalue weighted by Crippen LogP contribution is -2.42. The number of carbonyl (C=O) groups excluding carboxylic acids is 2. The van der Waals surface area contributed by atoms with Crippen LogP contribution in [0.2, 0.25) is 0 Å². The Bertz CT molecular complexity index is 1370. The first-order valence-corrected chi connectivity index (χ1v) is 11.3. The van der Waals surface area contributed by atoms with E-state index in [1.54, 1.807) is 47.0 Å². The van der Waals surface area contributed by atoms with Gasteiger partial charge in [0.15, 0.2) is 11.0 Å². The van der Waals surface area contributed by atoms with Gasteiger partial charge in [-0.15, -0.1) is 10.2 Å². The molecule has 0 spiro atoms. The van der Waals surface area contributed by atoms with Crippen LogP contribution in [0.3, 0.4) is 0 Å². The van der Waals surface area contributed by atoms with Gasteiger partial charge in [-0.1, -0.05) is 48.2 Å². The van der Waals surface area contributed by atoms with Crippen molar-refractivity contribution < 1.29 is 24.5 Å². The number of benzene rings is 3. The summed E-state index contributed by atoms with van der Waals surface area (Å²) in [6.45, 7) is 0. The SMILES string of the molecule is COc1ccccc1-n1c(SCC(=O)NNC(=O)c2ccccc2O)nnc1-c1ccccc1O. The number of nitrogens with zero attached hydrogens (tertiary/aromatic N) is 3. The van der Waals surface area contributed by atoms with Gasteiger partial charge in [-0.05, 0) is 36.4 Å². The van der Waals surface area contributed by atoms with Crippen molar-refractivity contribution in [2.45, 2.75) is 5.16 Å². The fourth-order valence-electron chi connectivity index (χ4n) is 3.26. The van der Waals surface area contributed by atoms with Gasteiger partial charge in [0.1, 0.15) is 17.2 Å². The minimum atomic E-state index is -0.652. The van der Waals surface area contributed by atoms with Crippen molar-refractivity contribution >= 4 is 23.6 Å². The molecule has 0 radical (unpaired) electrons. The van der Waals surface area contributed by atoms with Crippen LogP contribution in [0.15, 0.2) is 78.0 Å². The lowest BCUT2D eigenvalue weighted by atomic mass is 10.2. The molecule has 10 nitrogen and oxygen atoms in total. The Morgan fingerprint density at radius 1 is 0.914 bits per heavy atom. The average molecular weight is 492 g/mol. The predicted octanol–water partition coefficient (Wildman–Crippen LogP) is 2.91. The first kappa shape index (κ1) is 23.6. The molecule has 1 heterocycles. The van der Waals surface area contributed by atoms with Gasteiger partial charge < -0.3 is 14.9 Å². The van der Waals surface area contributed by atoms with E-state index in [4.69, 9.17) is 4.74 Å². The molecule has 0 aliphatic heterocycles. The highest BCUT2D eigenvalue weighted by Crippen LogP contribution is 2.35. The number of aromatic nitrogens is 3. The van der Waals surface area contributed by atoms with Crippen LogP contribution >= 0.6 is 11.8 Å². The van der Waals surface area contributed by atoms with E-state index in [0.717, 1.165) is 11.8 Å². The Morgan fingerprint density at radius 3 is 2.34 bits per heavy atom. The summed E-state index contributed by atoms with van der Waals surface area (Å²) in [7, 11) is 1.54. The Morgan fingerprint density at radius 2 is 1.60 bits per heavy atom. The molecule has 4 aromatic rings.